The lowest BCUT2D eigenvalue weighted by molar-refractivity contribution is -0.275. The Labute approximate surface area is 165 Å². The van der Waals surface area contributed by atoms with Gasteiger partial charge in [0.1, 0.15) is 0 Å². The number of hydrogen-bond acceptors (Lipinski definition) is 2. The maximum atomic E-state index is 13.2. The van der Waals surface area contributed by atoms with E-state index in [0.717, 1.165) is 20.0 Å². The molecule has 3 rings (SSSR count). The molecule has 1 N–H and O–H groups in total. The summed E-state index contributed by atoms with van der Waals surface area (Å²) in [5.74, 6) is -0.737. The average Bonchev–Trinajstić information content (AvgIpc) is 2.68. The van der Waals surface area contributed by atoms with Crippen LogP contribution in [0.4, 0.5) is 13.2 Å². The van der Waals surface area contributed by atoms with Gasteiger partial charge >= 0.3 is 6.18 Å². The van der Waals surface area contributed by atoms with Crippen molar-refractivity contribution in [3.63, 3.8) is 0 Å². The summed E-state index contributed by atoms with van der Waals surface area (Å²) in [7, 11) is 0. The fourth-order valence-electron chi connectivity index (χ4n) is 4.18. The summed E-state index contributed by atoms with van der Waals surface area (Å²) >= 11 is 0. The van der Waals surface area contributed by atoms with E-state index in [1.165, 1.54) is 11.1 Å². The van der Waals surface area contributed by atoms with Crippen LogP contribution in [0.1, 0.15) is 43.7 Å². The molecule has 0 radical (unpaired) electrons. The maximum Gasteiger partial charge on any atom is 0.417 e. The minimum atomic E-state index is -4.59. The van der Waals surface area contributed by atoms with E-state index in [1.54, 1.807) is 0 Å². The molecule has 1 saturated carbocycles. The average molecular weight is 391 g/mol. The van der Waals surface area contributed by atoms with E-state index in [2.05, 4.69) is 29.2 Å². The third kappa shape index (κ3) is 4.95. The zero-order valence-electron chi connectivity index (χ0n) is 16.2. The summed E-state index contributed by atoms with van der Waals surface area (Å²) < 4.78 is 39.6. The van der Waals surface area contributed by atoms with Crippen molar-refractivity contribution in [3.05, 3.63) is 71.8 Å². The normalized spacial score (nSPS) is 22.8. The van der Waals surface area contributed by atoms with Crippen molar-refractivity contribution in [3.8, 4) is 0 Å². The van der Waals surface area contributed by atoms with Crippen LogP contribution in [0.3, 0.4) is 0 Å². The van der Waals surface area contributed by atoms with Crippen LogP contribution in [0.5, 0.6) is 0 Å². The lowest BCUT2D eigenvalue weighted by atomic mass is 9.75. The van der Waals surface area contributed by atoms with Crippen LogP contribution in [-0.2, 0) is 13.1 Å². The molecule has 28 heavy (non-hydrogen) atoms. The zero-order chi connectivity index (χ0) is 20.2. The molecule has 0 spiro atoms. The second kappa shape index (κ2) is 8.66. The highest BCUT2D eigenvalue weighted by Gasteiger charge is 2.55. The topological polar surface area (TPSA) is 23.5 Å². The standard InChI is InChI=1S/C23H28F3NO/c1-22(28,23(24,25)26)20-12-14-21(15-13-20)27(16-18-8-4-2-5-9-18)17-19-10-6-3-7-11-19/h2-11,20-21,28H,12-17H2,1H3. The molecule has 1 aliphatic carbocycles. The predicted molar refractivity (Wildman–Crippen MR) is 105 cm³/mol. The van der Waals surface area contributed by atoms with E-state index in [9.17, 15) is 18.3 Å². The van der Waals surface area contributed by atoms with Gasteiger partial charge in [-0.2, -0.15) is 13.2 Å². The monoisotopic (exact) mass is 391 g/mol. The van der Waals surface area contributed by atoms with Gasteiger partial charge in [0, 0.05) is 19.1 Å². The second-order valence-corrected chi connectivity index (χ2v) is 8.03. The van der Waals surface area contributed by atoms with Crippen LogP contribution in [0.2, 0.25) is 0 Å². The van der Waals surface area contributed by atoms with E-state index in [4.69, 9.17) is 0 Å². The molecule has 0 bridgehead atoms. The molecule has 2 aromatic carbocycles. The van der Waals surface area contributed by atoms with Crippen LogP contribution in [0.25, 0.3) is 0 Å². The van der Waals surface area contributed by atoms with Crippen molar-refractivity contribution in [1.29, 1.82) is 0 Å². The Bertz CT molecular complexity index is 681. The maximum absolute atomic E-state index is 13.2. The van der Waals surface area contributed by atoms with Crippen molar-refractivity contribution in [1.82, 2.24) is 4.90 Å². The Morgan fingerprint density at radius 2 is 1.25 bits per heavy atom. The van der Waals surface area contributed by atoms with Gasteiger partial charge in [0.05, 0.1) is 0 Å². The number of nitrogens with zero attached hydrogens (tertiary/aromatic N) is 1. The third-order valence-corrected chi connectivity index (χ3v) is 6.04. The van der Waals surface area contributed by atoms with Crippen LogP contribution in [0, 0.1) is 5.92 Å². The van der Waals surface area contributed by atoms with Crippen LogP contribution >= 0.6 is 0 Å². The second-order valence-electron chi connectivity index (χ2n) is 8.03. The highest BCUT2D eigenvalue weighted by Crippen LogP contribution is 2.43. The van der Waals surface area contributed by atoms with Gasteiger partial charge < -0.3 is 5.11 Å². The van der Waals surface area contributed by atoms with Crippen molar-refractivity contribution < 1.29 is 18.3 Å². The third-order valence-electron chi connectivity index (χ3n) is 6.04. The Morgan fingerprint density at radius 1 is 0.821 bits per heavy atom. The fraction of sp³-hybridized carbons (Fsp3) is 0.478. The number of aliphatic hydroxyl groups is 1. The Hall–Kier alpha value is -1.85. The molecule has 1 fully saturated rings. The predicted octanol–water partition coefficient (Wildman–Crippen LogP) is 5.56. The summed E-state index contributed by atoms with van der Waals surface area (Å²) in [6, 6.07) is 20.5. The molecule has 1 aliphatic rings. The molecule has 2 nitrogen and oxygen atoms in total. The van der Waals surface area contributed by atoms with Gasteiger partial charge in [-0.3, -0.25) is 4.90 Å². The van der Waals surface area contributed by atoms with Gasteiger partial charge in [-0.25, -0.2) is 0 Å². The molecule has 2 aromatic rings. The minimum Gasteiger partial charge on any atom is -0.380 e. The molecule has 1 atom stereocenters. The number of benzene rings is 2. The molecular formula is C23H28F3NO. The molecular weight excluding hydrogens is 363 g/mol. The van der Waals surface area contributed by atoms with Crippen molar-refractivity contribution in [2.75, 3.05) is 0 Å². The van der Waals surface area contributed by atoms with E-state index < -0.39 is 17.7 Å². The highest BCUT2D eigenvalue weighted by molar-refractivity contribution is 5.17. The van der Waals surface area contributed by atoms with Gasteiger partial charge in [0.15, 0.2) is 5.60 Å². The highest BCUT2D eigenvalue weighted by atomic mass is 19.4. The van der Waals surface area contributed by atoms with Gasteiger partial charge in [0.25, 0.3) is 0 Å². The van der Waals surface area contributed by atoms with Gasteiger partial charge in [-0.05, 0) is 49.7 Å². The number of hydrogen-bond donors (Lipinski definition) is 1. The van der Waals surface area contributed by atoms with Crippen molar-refractivity contribution >= 4 is 0 Å². The summed E-state index contributed by atoms with van der Waals surface area (Å²) in [5, 5.41) is 10.0. The summed E-state index contributed by atoms with van der Waals surface area (Å²) in [6.07, 6.45) is -2.49. The Kier molecular flexibility index (Phi) is 6.46. The minimum absolute atomic E-state index is 0.209. The lowest BCUT2D eigenvalue weighted by Crippen LogP contribution is -2.51. The molecule has 1 unspecified atom stereocenters. The number of halogens is 3. The molecule has 0 saturated heterocycles. The fourth-order valence-corrected chi connectivity index (χ4v) is 4.18. The Balaban J connectivity index is 1.71. The van der Waals surface area contributed by atoms with Gasteiger partial charge in [0.2, 0.25) is 0 Å². The largest absolute Gasteiger partial charge is 0.417 e. The summed E-state index contributed by atoms with van der Waals surface area (Å²) in [5.41, 5.74) is -0.215. The molecule has 0 aliphatic heterocycles. The van der Waals surface area contributed by atoms with E-state index in [-0.39, 0.29) is 6.04 Å². The zero-order valence-corrected chi connectivity index (χ0v) is 16.2. The van der Waals surface area contributed by atoms with E-state index in [0.29, 0.717) is 25.7 Å². The molecule has 0 aromatic heterocycles. The van der Waals surface area contributed by atoms with Crippen molar-refractivity contribution in [2.45, 2.75) is 63.5 Å². The molecule has 152 valence electrons. The van der Waals surface area contributed by atoms with Gasteiger partial charge in [-0.15, -0.1) is 0 Å². The molecule has 5 heteroatoms. The SMILES string of the molecule is CC(O)(C1CCC(N(Cc2ccccc2)Cc2ccccc2)CC1)C(F)(F)F. The first-order chi connectivity index (χ1) is 13.3. The lowest BCUT2D eigenvalue weighted by Gasteiger charge is -2.42. The Morgan fingerprint density at radius 3 is 1.64 bits per heavy atom. The van der Waals surface area contributed by atoms with Crippen LogP contribution in [0.15, 0.2) is 60.7 Å². The van der Waals surface area contributed by atoms with Crippen LogP contribution < -0.4 is 0 Å². The first-order valence-electron chi connectivity index (χ1n) is 9.88. The quantitative estimate of drug-likeness (QED) is 0.697. The first kappa shape index (κ1) is 20.9. The summed E-state index contributed by atoms with van der Waals surface area (Å²) in [4.78, 5) is 2.36. The number of rotatable bonds is 6. The van der Waals surface area contributed by atoms with Gasteiger partial charge in [-0.1, -0.05) is 60.7 Å². The first-order valence-corrected chi connectivity index (χ1v) is 9.88. The number of alkyl halides is 3. The smallest absolute Gasteiger partial charge is 0.380 e. The van der Waals surface area contributed by atoms with Crippen molar-refractivity contribution in [2.24, 2.45) is 5.92 Å². The van der Waals surface area contributed by atoms with Crippen LogP contribution in [-0.4, -0.2) is 27.8 Å². The molecule has 0 amide bonds. The summed E-state index contributed by atoms with van der Waals surface area (Å²) in [6.45, 7) is 2.45. The van der Waals surface area contributed by atoms with E-state index >= 15 is 0 Å². The molecule has 0 heterocycles. The van der Waals surface area contributed by atoms with E-state index in [1.807, 2.05) is 36.4 Å².